The topological polar surface area (TPSA) is 53.1 Å². The summed E-state index contributed by atoms with van der Waals surface area (Å²) in [6.07, 6.45) is 2.47. The van der Waals surface area contributed by atoms with Crippen molar-refractivity contribution < 1.29 is 0 Å². The van der Waals surface area contributed by atoms with Crippen molar-refractivity contribution >= 4 is 22.9 Å². The first-order valence-electron chi connectivity index (χ1n) is 6.89. The predicted molar refractivity (Wildman–Crippen MR) is 85.7 cm³/mol. The lowest BCUT2D eigenvalue weighted by Gasteiger charge is -2.27. The maximum atomic E-state index is 7.80. The fourth-order valence-corrected chi connectivity index (χ4v) is 3.18. The van der Waals surface area contributed by atoms with Gasteiger partial charge >= 0.3 is 0 Å². The molecule has 1 aliphatic carbocycles. The minimum Gasteiger partial charge on any atom is -0.384 e. The highest BCUT2D eigenvalue weighted by Gasteiger charge is 2.31. The molecule has 20 heavy (non-hydrogen) atoms. The normalized spacial score (nSPS) is 14.2. The van der Waals surface area contributed by atoms with Crippen LogP contribution in [0.5, 0.6) is 0 Å². The van der Waals surface area contributed by atoms with Crippen LogP contribution in [0.3, 0.4) is 0 Å². The molecule has 1 heterocycles. The Bertz CT molecular complexity index is 615. The summed E-state index contributed by atoms with van der Waals surface area (Å²) in [4.78, 5) is 3.77. The minimum atomic E-state index is 0.150. The number of anilines is 1. The number of hydrogen-bond acceptors (Lipinski definition) is 3. The van der Waals surface area contributed by atoms with Gasteiger partial charge in [-0.3, -0.25) is 5.41 Å². The van der Waals surface area contributed by atoms with Crippen molar-refractivity contribution in [3.8, 4) is 0 Å². The fourth-order valence-electron chi connectivity index (χ4n) is 2.47. The molecule has 1 aromatic carbocycles. The van der Waals surface area contributed by atoms with Gasteiger partial charge in [0.05, 0.1) is 6.54 Å². The van der Waals surface area contributed by atoms with E-state index in [-0.39, 0.29) is 5.84 Å². The van der Waals surface area contributed by atoms with E-state index >= 15 is 0 Å². The monoisotopic (exact) mass is 285 g/mol. The lowest BCUT2D eigenvalue weighted by molar-refractivity contribution is 0.802. The van der Waals surface area contributed by atoms with Crippen LogP contribution in [0.15, 0.2) is 35.7 Å². The third kappa shape index (κ3) is 2.70. The van der Waals surface area contributed by atoms with Crippen LogP contribution >= 0.6 is 11.3 Å². The Hall–Kier alpha value is -1.81. The second-order valence-corrected chi connectivity index (χ2v) is 6.40. The molecule has 1 aromatic heterocycles. The molecular weight excluding hydrogens is 266 g/mol. The molecule has 4 heteroatoms. The van der Waals surface area contributed by atoms with Crippen molar-refractivity contribution in [2.24, 2.45) is 5.73 Å². The van der Waals surface area contributed by atoms with Gasteiger partial charge in [0.2, 0.25) is 0 Å². The maximum Gasteiger partial charge on any atom is 0.124 e. The van der Waals surface area contributed by atoms with E-state index in [4.69, 9.17) is 11.1 Å². The number of rotatable bonds is 5. The highest BCUT2D eigenvalue weighted by molar-refractivity contribution is 7.09. The Labute approximate surface area is 123 Å². The van der Waals surface area contributed by atoms with Crippen molar-refractivity contribution in [3.63, 3.8) is 0 Å². The van der Waals surface area contributed by atoms with Gasteiger partial charge < -0.3 is 10.6 Å². The molecule has 1 fully saturated rings. The number of aryl methyl sites for hydroxylation is 1. The molecule has 0 bridgehead atoms. The van der Waals surface area contributed by atoms with Gasteiger partial charge in [0.25, 0.3) is 0 Å². The van der Waals surface area contributed by atoms with E-state index < -0.39 is 0 Å². The molecule has 0 unspecified atom stereocenters. The SMILES string of the molecule is Cc1ccc(C(=N)N)c(N(Cc2cccs2)C2CC2)c1. The first-order chi connectivity index (χ1) is 9.65. The third-order valence-corrected chi connectivity index (χ3v) is 4.51. The number of nitrogens with zero attached hydrogens (tertiary/aromatic N) is 1. The van der Waals surface area contributed by atoms with Gasteiger partial charge in [0.15, 0.2) is 0 Å². The summed E-state index contributed by atoms with van der Waals surface area (Å²) >= 11 is 1.78. The van der Waals surface area contributed by atoms with E-state index in [1.54, 1.807) is 11.3 Å². The Morgan fingerprint density at radius 3 is 2.80 bits per heavy atom. The number of benzene rings is 1. The summed E-state index contributed by atoms with van der Waals surface area (Å²) in [5.41, 5.74) is 8.92. The first-order valence-corrected chi connectivity index (χ1v) is 7.77. The number of nitrogen functional groups attached to an aromatic ring is 1. The zero-order valence-corrected chi connectivity index (χ0v) is 12.4. The molecule has 104 valence electrons. The second-order valence-electron chi connectivity index (χ2n) is 5.37. The number of nitrogens with two attached hydrogens (primary N) is 1. The summed E-state index contributed by atoms with van der Waals surface area (Å²) in [6.45, 7) is 3.00. The maximum absolute atomic E-state index is 7.80. The number of nitrogens with one attached hydrogen (secondary N) is 1. The Kier molecular flexibility index (Phi) is 3.49. The first kappa shape index (κ1) is 13.2. The molecule has 0 atom stereocenters. The van der Waals surface area contributed by atoms with Crippen molar-refractivity contribution in [1.29, 1.82) is 5.41 Å². The average Bonchev–Trinajstić information content (AvgIpc) is 3.12. The zero-order chi connectivity index (χ0) is 14.1. The number of hydrogen-bond donors (Lipinski definition) is 2. The fraction of sp³-hybridized carbons (Fsp3) is 0.312. The van der Waals surface area contributed by atoms with Gasteiger partial charge in [0.1, 0.15) is 5.84 Å². The van der Waals surface area contributed by atoms with E-state index in [1.807, 2.05) is 12.1 Å². The molecule has 1 saturated carbocycles. The molecule has 3 N–H and O–H groups in total. The van der Waals surface area contributed by atoms with Gasteiger partial charge in [-0.2, -0.15) is 0 Å². The van der Waals surface area contributed by atoms with Crippen molar-refractivity contribution in [3.05, 3.63) is 51.7 Å². The van der Waals surface area contributed by atoms with Crippen molar-refractivity contribution in [2.75, 3.05) is 4.90 Å². The van der Waals surface area contributed by atoms with Crippen LogP contribution in [0.4, 0.5) is 5.69 Å². The van der Waals surface area contributed by atoms with Gasteiger partial charge in [0, 0.05) is 22.2 Å². The summed E-state index contributed by atoms with van der Waals surface area (Å²) < 4.78 is 0. The van der Waals surface area contributed by atoms with Crippen LogP contribution in [0, 0.1) is 12.3 Å². The van der Waals surface area contributed by atoms with Gasteiger partial charge in [-0.05, 0) is 48.9 Å². The quantitative estimate of drug-likeness (QED) is 0.652. The van der Waals surface area contributed by atoms with Crippen LogP contribution in [-0.2, 0) is 6.54 Å². The van der Waals surface area contributed by atoms with Crippen LogP contribution in [-0.4, -0.2) is 11.9 Å². The molecule has 0 amide bonds. The molecule has 3 nitrogen and oxygen atoms in total. The van der Waals surface area contributed by atoms with E-state index in [1.165, 1.54) is 23.3 Å². The average molecular weight is 285 g/mol. The van der Waals surface area contributed by atoms with Crippen LogP contribution < -0.4 is 10.6 Å². The zero-order valence-electron chi connectivity index (χ0n) is 11.6. The lowest BCUT2D eigenvalue weighted by atomic mass is 10.1. The van der Waals surface area contributed by atoms with Crippen LogP contribution in [0.2, 0.25) is 0 Å². The smallest absolute Gasteiger partial charge is 0.124 e. The predicted octanol–water partition coefficient (Wildman–Crippen LogP) is 3.51. The van der Waals surface area contributed by atoms with Crippen LogP contribution in [0.1, 0.15) is 28.8 Å². The summed E-state index contributed by atoms with van der Waals surface area (Å²) in [5, 5.41) is 9.92. The standard InChI is InChI=1S/C16H19N3S/c1-11-4-7-14(16(17)18)15(9-11)19(12-5-6-12)10-13-3-2-8-20-13/h2-4,7-9,12H,5-6,10H2,1H3,(H3,17,18). The largest absolute Gasteiger partial charge is 0.384 e. The molecule has 0 radical (unpaired) electrons. The lowest BCUT2D eigenvalue weighted by Crippen LogP contribution is -2.28. The van der Waals surface area contributed by atoms with Crippen LogP contribution in [0.25, 0.3) is 0 Å². The highest BCUT2D eigenvalue weighted by atomic mass is 32.1. The van der Waals surface area contributed by atoms with Gasteiger partial charge in [-0.15, -0.1) is 11.3 Å². The van der Waals surface area contributed by atoms with Gasteiger partial charge in [-0.1, -0.05) is 12.1 Å². The molecule has 0 saturated heterocycles. The van der Waals surface area contributed by atoms with Crippen molar-refractivity contribution in [2.45, 2.75) is 32.4 Å². The Morgan fingerprint density at radius 2 is 2.20 bits per heavy atom. The van der Waals surface area contributed by atoms with E-state index in [2.05, 4.69) is 35.4 Å². The van der Waals surface area contributed by atoms with E-state index in [0.717, 1.165) is 17.8 Å². The third-order valence-electron chi connectivity index (χ3n) is 3.65. The molecule has 3 rings (SSSR count). The molecule has 0 aliphatic heterocycles. The Balaban J connectivity index is 1.98. The van der Waals surface area contributed by atoms with Gasteiger partial charge in [-0.25, -0.2) is 0 Å². The highest BCUT2D eigenvalue weighted by Crippen LogP contribution is 2.36. The summed E-state index contributed by atoms with van der Waals surface area (Å²) in [7, 11) is 0. The molecule has 2 aromatic rings. The Morgan fingerprint density at radius 1 is 1.40 bits per heavy atom. The number of thiophene rings is 1. The number of amidine groups is 1. The molecule has 1 aliphatic rings. The van der Waals surface area contributed by atoms with E-state index in [0.29, 0.717) is 6.04 Å². The van der Waals surface area contributed by atoms with Crippen molar-refractivity contribution in [1.82, 2.24) is 0 Å². The molecular formula is C16H19N3S. The summed E-state index contributed by atoms with van der Waals surface area (Å²) in [6, 6.07) is 11.0. The molecule has 0 spiro atoms. The second kappa shape index (κ2) is 5.29. The van der Waals surface area contributed by atoms with E-state index in [9.17, 15) is 0 Å². The summed E-state index contributed by atoms with van der Waals surface area (Å²) in [5.74, 6) is 0.150. The minimum absolute atomic E-state index is 0.150.